The molecule has 0 spiro atoms. The van der Waals surface area contributed by atoms with E-state index in [1.54, 1.807) is 18.2 Å². The summed E-state index contributed by atoms with van der Waals surface area (Å²) in [4.78, 5) is 27.2. The van der Waals surface area contributed by atoms with Crippen molar-refractivity contribution in [3.8, 4) is 0 Å². The first-order valence-corrected chi connectivity index (χ1v) is 7.97. The number of carbonyl (C=O) groups excluding carboxylic acids is 1. The third-order valence-electron chi connectivity index (χ3n) is 3.99. The smallest absolute Gasteiger partial charge is 0.335 e. The second-order valence-electron chi connectivity index (χ2n) is 5.70. The molecule has 0 aliphatic rings. The van der Waals surface area contributed by atoms with Gasteiger partial charge in [0.05, 0.1) is 16.6 Å². The fourth-order valence-corrected chi connectivity index (χ4v) is 2.63. The van der Waals surface area contributed by atoms with Gasteiger partial charge in [0.2, 0.25) is 5.91 Å². The Morgan fingerprint density at radius 3 is 2.79 bits per heavy atom. The van der Waals surface area contributed by atoms with Crippen LogP contribution in [-0.4, -0.2) is 46.8 Å². The SMILES string of the molecule is CCC(C)n1c(CCNC(=O)COC)nc2cc(C(=O)O)ccc21. The Bertz CT molecular complexity index is 739. The van der Waals surface area contributed by atoms with E-state index < -0.39 is 5.97 Å². The molecular weight excluding hydrogens is 310 g/mol. The number of methoxy groups -OCH3 is 1. The summed E-state index contributed by atoms with van der Waals surface area (Å²) in [5, 5.41) is 11.9. The molecule has 0 radical (unpaired) electrons. The highest BCUT2D eigenvalue weighted by Gasteiger charge is 2.16. The van der Waals surface area contributed by atoms with Gasteiger partial charge in [0, 0.05) is 26.1 Å². The number of nitrogens with one attached hydrogen (secondary N) is 1. The molecule has 1 amide bonds. The monoisotopic (exact) mass is 333 g/mol. The molecule has 2 N–H and O–H groups in total. The number of carboxylic acid groups (broad SMARTS) is 1. The molecule has 0 saturated carbocycles. The van der Waals surface area contributed by atoms with E-state index in [1.165, 1.54) is 7.11 Å². The maximum absolute atomic E-state index is 11.5. The van der Waals surface area contributed by atoms with Crippen LogP contribution >= 0.6 is 0 Å². The average molecular weight is 333 g/mol. The highest BCUT2D eigenvalue weighted by atomic mass is 16.5. The van der Waals surface area contributed by atoms with Crippen LogP contribution in [0.1, 0.15) is 42.5 Å². The summed E-state index contributed by atoms with van der Waals surface area (Å²) < 4.78 is 6.90. The number of hydrogen-bond acceptors (Lipinski definition) is 4. The summed E-state index contributed by atoms with van der Waals surface area (Å²) in [6.07, 6.45) is 1.49. The van der Waals surface area contributed by atoms with Crippen molar-refractivity contribution in [3.05, 3.63) is 29.6 Å². The molecule has 1 heterocycles. The van der Waals surface area contributed by atoms with Gasteiger partial charge < -0.3 is 19.7 Å². The Morgan fingerprint density at radius 2 is 2.17 bits per heavy atom. The van der Waals surface area contributed by atoms with Gasteiger partial charge in [-0.1, -0.05) is 6.92 Å². The number of amides is 1. The van der Waals surface area contributed by atoms with Gasteiger partial charge in [-0.3, -0.25) is 4.79 Å². The lowest BCUT2D eigenvalue weighted by Crippen LogP contribution is -2.29. The Balaban J connectivity index is 2.29. The number of ether oxygens (including phenoxy) is 1. The van der Waals surface area contributed by atoms with Crippen molar-refractivity contribution >= 4 is 22.9 Å². The zero-order chi connectivity index (χ0) is 17.7. The Morgan fingerprint density at radius 1 is 1.42 bits per heavy atom. The second kappa shape index (κ2) is 7.92. The van der Waals surface area contributed by atoms with E-state index in [0.29, 0.717) is 18.5 Å². The molecule has 24 heavy (non-hydrogen) atoms. The molecule has 130 valence electrons. The van der Waals surface area contributed by atoms with Crippen molar-refractivity contribution in [1.82, 2.24) is 14.9 Å². The summed E-state index contributed by atoms with van der Waals surface area (Å²) in [6, 6.07) is 5.21. The molecule has 2 aromatic rings. The first kappa shape index (κ1) is 17.9. The lowest BCUT2D eigenvalue weighted by molar-refractivity contribution is -0.124. The van der Waals surface area contributed by atoms with Gasteiger partial charge in [0.1, 0.15) is 12.4 Å². The van der Waals surface area contributed by atoms with Crippen LogP contribution in [0.5, 0.6) is 0 Å². The van der Waals surface area contributed by atoms with Crippen LogP contribution in [0.4, 0.5) is 0 Å². The zero-order valence-corrected chi connectivity index (χ0v) is 14.2. The zero-order valence-electron chi connectivity index (χ0n) is 14.2. The number of aromatic nitrogens is 2. The summed E-state index contributed by atoms with van der Waals surface area (Å²) in [5.74, 6) is -0.306. The molecule has 7 nitrogen and oxygen atoms in total. The van der Waals surface area contributed by atoms with Crippen LogP contribution < -0.4 is 5.32 Å². The van der Waals surface area contributed by atoms with Crippen molar-refractivity contribution < 1.29 is 19.4 Å². The predicted octanol–water partition coefficient (Wildman–Crippen LogP) is 2.01. The van der Waals surface area contributed by atoms with Crippen molar-refractivity contribution in [1.29, 1.82) is 0 Å². The highest BCUT2D eigenvalue weighted by molar-refractivity contribution is 5.92. The van der Waals surface area contributed by atoms with Gasteiger partial charge in [0.15, 0.2) is 0 Å². The Labute approximate surface area is 140 Å². The maximum Gasteiger partial charge on any atom is 0.335 e. The van der Waals surface area contributed by atoms with Crippen LogP contribution in [0.2, 0.25) is 0 Å². The number of rotatable bonds is 8. The van der Waals surface area contributed by atoms with Crippen LogP contribution in [0.3, 0.4) is 0 Å². The maximum atomic E-state index is 11.5. The van der Waals surface area contributed by atoms with Gasteiger partial charge in [-0.05, 0) is 31.5 Å². The molecule has 1 unspecified atom stereocenters. The van der Waals surface area contributed by atoms with Gasteiger partial charge in [-0.2, -0.15) is 0 Å². The van der Waals surface area contributed by atoms with Crippen LogP contribution in [0.25, 0.3) is 11.0 Å². The van der Waals surface area contributed by atoms with E-state index in [4.69, 9.17) is 9.84 Å². The number of fused-ring (bicyclic) bond motifs is 1. The first-order valence-electron chi connectivity index (χ1n) is 7.97. The topological polar surface area (TPSA) is 93.5 Å². The fourth-order valence-electron chi connectivity index (χ4n) is 2.63. The lowest BCUT2D eigenvalue weighted by atomic mass is 10.2. The molecule has 1 atom stereocenters. The number of carboxylic acids is 1. The first-order chi connectivity index (χ1) is 11.5. The van der Waals surface area contributed by atoms with E-state index in [9.17, 15) is 9.59 Å². The second-order valence-corrected chi connectivity index (χ2v) is 5.70. The average Bonchev–Trinajstić information content (AvgIpc) is 2.91. The molecule has 1 aromatic carbocycles. The minimum Gasteiger partial charge on any atom is -0.478 e. The van der Waals surface area contributed by atoms with Crippen molar-refractivity contribution in [3.63, 3.8) is 0 Å². The molecule has 2 rings (SSSR count). The lowest BCUT2D eigenvalue weighted by Gasteiger charge is -2.16. The number of imidazole rings is 1. The minimum absolute atomic E-state index is 0.0315. The number of hydrogen-bond donors (Lipinski definition) is 2. The third-order valence-corrected chi connectivity index (χ3v) is 3.99. The summed E-state index contributed by atoms with van der Waals surface area (Å²) >= 11 is 0. The number of aromatic carboxylic acids is 1. The standard InChI is InChI=1S/C17H23N3O4/c1-4-11(2)20-14-6-5-12(17(22)23)9-13(14)19-15(20)7-8-18-16(21)10-24-3/h5-6,9,11H,4,7-8,10H2,1-3H3,(H,18,21)(H,22,23). The molecule has 7 heteroatoms. The molecule has 0 aliphatic heterocycles. The molecule has 0 bridgehead atoms. The van der Waals surface area contributed by atoms with Crippen LogP contribution in [-0.2, 0) is 16.0 Å². The van der Waals surface area contributed by atoms with E-state index >= 15 is 0 Å². The quantitative estimate of drug-likeness (QED) is 0.771. The molecule has 0 saturated heterocycles. The number of carbonyl (C=O) groups is 2. The Hall–Kier alpha value is -2.41. The number of benzene rings is 1. The van der Waals surface area contributed by atoms with E-state index in [0.717, 1.165) is 17.8 Å². The molecular formula is C17H23N3O4. The van der Waals surface area contributed by atoms with E-state index in [-0.39, 0.29) is 24.1 Å². The molecule has 1 aromatic heterocycles. The largest absolute Gasteiger partial charge is 0.478 e. The number of nitrogens with zero attached hydrogens (tertiary/aromatic N) is 2. The Kier molecular flexibility index (Phi) is 5.92. The van der Waals surface area contributed by atoms with E-state index in [1.807, 2.05) is 0 Å². The normalized spacial score (nSPS) is 12.3. The summed E-state index contributed by atoms with van der Waals surface area (Å²) in [7, 11) is 1.47. The minimum atomic E-state index is -0.969. The third kappa shape index (κ3) is 3.91. The van der Waals surface area contributed by atoms with Gasteiger partial charge >= 0.3 is 5.97 Å². The van der Waals surface area contributed by atoms with Gasteiger partial charge in [-0.15, -0.1) is 0 Å². The van der Waals surface area contributed by atoms with Crippen molar-refractivity contribution in [2.45, 2.75) is 32.7 Å². The van der Waals surface area contributed by atoms with Crippen molar-refractivity contribution in [2.24, 2.45) is 0 Å². The predicted molar refractivity (Wildman–Crippen MR) is 90.3 cm³/mol. The van der Waals surface area contributed by atoms with Crippen LogP contribution in [0.15, 0.2) is 18.2 Å². The summed E-state index contributed by atoms with van der Waals surface area (Å²) in [5.41, 5.74) is 1.79. The van der Waals surface area contributed by atoms with Gasteiger partial charge in [0.25, 0.3) is 0 Å². The van der Waals surface area contributed by atoms with Gasteiger partial charge in [-0.25, -0.2) is 9.78 Å². The highest BCUT2D eigenvalue weighted by Crippen LogP contribution is 2.24. The van der Waals surface area contributed by atoms with Crippen molar-refractivity contribution in [2.75, 3.05) is 20.3 Å². The molecule has 0 aliphatic carbocycles. The fraction of sp³-hybridized carbons (Fsp3) is 0.471. The van der Waals surface area contributed by atoms with E-state index in [2.05, 4.69) is 28.7 Å². The summed E-state index contributed by atoms with van der Waals surface area (Å²) in [6.45, 7) is 4.67. The molecule has 0 fully saturated rings. The van der Waals surface area contributed by atoms with Crippen LogP contribution in [0, 0.1) is 0 Å².